The highest BCUT2D eigenvalue weighted by Gasteiger charge is 2.01. The van der Waals surface area contributed by atoms with Crippen molar-refractivity contribution in [3.8, 4) is 0 Å². The fourth-order valence-corrected chi connectivity index (χ4v) is 1.96. The third-order valence-corrected chi connectivity index (χ3v) is 2.86. The minimum Gasteiger partial charge on any atom is -0.326 e. The maximum atomic E-state index is 5.67. The highest BCUT2D eigenvalue weighted by atomic mass is 15.0. The Bertz CT molecular complexity index is 641. The molecule has 0 saturated heterocycles. The Kier molecular flexibility index (Phi) is 2.44. The number of imidazole rings is 1. The Morgan fingerprint density at radius 1 is 1.00 bits per heavy atom. The van der Waals surface area contributed by atoms with Crippen molar-refractivity contribution >= 4 is 24.3 Å². The first-order valence-electron chi connectivity index (χ1n) is 5.57. The second-order valence-corrected chi connectivity index (χ2v) is 4.10. The van der Waals surface area contributed by atoms with E-state index in [1.807, 2.05) is 48.8 Å². The SMILES string of the molecule is [B]c1ccc(Cn2cnc3ccccc32)cc1. The lowest BCUT2D eigenvalue weighted by Gasteiger charge is -2.04. The molecule has 0 amide bonds. The van der Waals surface area contributed by atoms with Gasteiger partial charge < -0.3 is 4.57 Å². The summed E-state index contributed by atoms with van der Waals surface area (Å²) in [6.45, 7) is 0.820. The van der Waals surface area contributed by atoms with Gasteiger partial charge in [-0.15, -0.1) is 0 Å². The normalized spacial score (nSPS) is 10.8. The smallest absolute Gasteiger partial charge is 0.113 e. The quantitative estimate of drug-likeness (QED) is 0.600. The molecule has 3 aromatic rings. The van der Waals surface area contributed by atoms with Crippen LogP contribution in [0.15, 0.2) is 54.9 Å². The zero-order valence-electron chi connectivity index (χ0n) is 9.38. The molecule has 3 rings (SSSR count). The molecule has 2 aromatic carbocycles. The monoisotopic (exact) mass is 218 g/mol. The van der Waals surface area contributed by atoms with E-state index in [2.05, 4.69) is 15.6 Å². The second-order valence-electron chi connectivity index (χ2n) is 4.10. The van der Waals surface area contributed by atoms with Gasteiger partial charge >= 0.3 is 0 Å². The standard InChI is InChI=1S/C14H11BN2/c15-12-7-5-11(6-8-12)9-17-10-16-13-3-1-2-4-14(13)17/h1-8,10H,9H2. The van der Waals surface area contributed by atoms with Gasteiger partial charge in [0.1, 0.15) is 7.85 Å². The van der Waals surface area contributed by atoms with E-state index >= 15 is 0 Å². The molecule has 0 atom stereocenters. The number of para-hydroxylation sites is 2. The summed E-state index contributed by atoms with van der Waals surface area (Å²) < 4.78 is 2.14. The molecule has 0 aliphatic heterocycles. The van der Waals surface area contributed by atoms with Crippen LogP contribution < -0.4 is 5.46 Å². The number of nitrogens with zero attached hydrogens (tertiary/aromatic N) is 2. The van der Waals surface area contributed by atoms with E-state index in [4.69, 9.17) is 7.85 Å². The van der Waals surface area contributed by atoms with E-state index in [-0.39, 0.29) is 0 Å². The molecule has 0 N–H and O–H groups in total. The summed E-state index contributed by atoms with van der Waals surface area (Å²) in [5, 5.41) is 0. The maximum Gasteiger partial charge on any atom is 0.113 e. The lowest BCUT2D eigenvalue weighted by atomic mass is 9.95. The average molecular weight is 218 g/mol. The van der Waals surface area contributed by atoms with Crippen molar-refractivity contribution in [1.29, 1.82) is 0 Å². The number of benzene rings is 2. The lowest BCUT2D eigenvalue weighted by molar-refractivity contribution is 0.825. The molecular weight excluding hydrogens is 207 g/mol. The van der Waals surface area contributed by atoms with Crippen molar-refractivity contribution in [3.05, 3.63) is 60.4 Å². The van der Waals surface area contributed by atoms with Crippen molar-refractivity contribution in [2.75, 3.05) is 0 Å². The van der Waals surface area contributed by atoms with Crippen molar-refractivity contribution in [3.63, 3.8) is 0 Å². The van der Waals surface area contributed by atoms with Crippen LogP contribution in [0.4, 0.5) is 0 Å². The molecule has 80 valence electrons. The predicted octanol–water partition coefficient (Wildman–Crippen LogP) is 1.88. The number of hydrogen-bond donors (Lipinski definition) is 0. The zero-order valence-corrected chi connectivity index (χ0v) is 9.38. The highest BCUT2D eigenvalue weighted by Crippen LogP contribution is 2.13. The number of hydrogen-bond acceptors (Lipinski definition) is 1. The van der Waals surface area contributed by atoms with Crippen molar-refractivity contribution < 1.29 is 0 Å². The van der Waals surface area contributed by atoms with Crippen LogP contribution in [0.5, 0.6) is 0 Å². The molecule has 17 heavy (non-hydrogen) atoms. The van der Waals surface area contributed by atoms with Gasteiger partial charge in [0, 0.05) is 6.54 Å². The summed E-state index contributed by atoms with van der Waals surface area (Å²) in [6, 6.07) is 16.1. The molecule has 0 bridgehead atoms. The molecule has 0 fully saturated rings. The average Bonchev–Trinajstić information content (AvgIpc) is 2.76. The fraction of sp³-hybridized carbons (Fsp3) is 0.0714. The molecular formula is C14H11BN2. The van der Waals surface area contributed by atoms with E-state index < -0.39 is 0 Å². The van der Waals surface area contributed by atoms with Crippen LogP contribution in [0, 0.1) is 0 Å². The Labute approximate surface area is 101 Å². The van der Waals surface area contributed by atoms with Crippen LogP contribution >= 0.6 is 0 Å². The van der Waals surface area contributed by atoms with Crippen LogP contribution in [-0.2, 0) is 6.54 Å². The van der Waals surface area contributed by atoms with Gasteiger partial charge in [-0.3, -0.25) is 0 Å². The van der Waals surface area contributed by atoms with E-state index in [9.17, 15) is 0 Å². The zero-order chi connectivity index (χ0) is 11.7. The van der Waals surface area contributed by atoms with Crippen LogP contribution in [0.1, 0.15) is 5.56 Å². The molecule has 0 aliphatic rings. The van der Waals surface area contributed by atoms with Crippen LogP contribution in [0.3, 0.4) is 0 Å². The Balaban J connectivity index is 1.97. The van der Waals surface area contributed by atoms with Gasteiger partial charge in [0.2, 0.25) is 0 Å². The summed E-state index contributed by atoms with van der Waals surface area (Å²) >= 11 is 0. The first kappa shape index (κ1) is 10.1. The van der Waals surface area contributed by atoms with Crippen LogP contribution in [0.2, 0.25) is 0 Å². The Morgan fingerprint density at radius 3 is 2.59 bits per heavy atom. The summed E-state index contributed by atoms with van der Waals surface area (Å²) in [4.78, 5) is 4.37. The second kappa shape index (κ2) is 4.09. The van der Waals surface area contributed by atoms with Gasteiger partial charge in [0.15, 0.2) is 0 Å². The summed E-state index contributed by atoms with van der Waals surface area (Å²) in [6.07, 6.45) is 1.88. The van der Waals surface area contributed by atoms with Crippen molar-refractivity contribution in [2.45, 2.75) is 6.54 Å². The van der Waals surface area contributed by atoms with Crippen LogP contribution in [0.25, 0.3) is 11.0 Å². The first-order chi connectivity index (χ1) is 8.33. The van der Waals surface area contributed by atoms with Gasteiger partial charge in [-0.05, 0) is 17.7 Å². The van der Waals surface area contributed by atoms with Gasteiger partial charge in [-0.25, -0.2) is 4.98 Å². The molecule has 3 heteroatoms. The highest BCUT2D eigenvalue weighted by molar-refractivity contribution is 6.32. The molecule has 1 aromatic heterocycles. The lowest BCUT2D eigenvalue weighted by Crippen LogP contribution is -2.03. The van der Waals surface area contributed by atoms with E-state index in [0.29, 0.717) is 0 Å². The van der Waals surface area contributed by atoms with E-state index in [1.165, 1.54) is 5.56 Å². The number of aromatic nitrogens is 2. The number of fused-ring (bicyclic) bond motifs is 1. The van der Waals surface area contributed by atoms with Gasteiger partial charge in [-0.1, -0.05) is 41.9 Å². The van der Waals surface area contributed by atoms with Gasteiger partial charge in [0.05, 0.1) is 17.4 Å². The maximum absolute atomic E-state index is 5.67. The summed E-state index contributed by atoms with van der Waals surface area (Å²) in [5.74, 6) is 0. The topological polar surface area (TPSA) is 17.8 Å². The Hall–Kier alpha value is -2.03. The third-order valence-electron chi connectivity index (χ3n) is 2.86. The number of rotatable bonds is 2. The molecule has 0 saturated carbocycles. The van der Waals surface area contributed by atoms with Crippen molar-refractivity contribution in [1.82, 2.24) is 9.55 Å². The largest absolute Gasteiger partial charge is 0.326 e. The van der Waals surface area contributed by atoms with E-state index in [0.717, 1.165) is 23.0 Å². The first-order valence-corrected chi connectivity index (χ1v) is 5.57. The summed E-state index contributed by atoms with van der Waals surface area (Å²) in [5.41, 5.74) is 4.21. The molecule has 0 aliphatic carbocycles. The van der Waals surface area contributed by atoms with Gasteiger partial charge in [0.25, 0.3) is 0 Å². The van der Waals surface area contributed by atoms with E-state index in [1.54, 1.807) is 0 Å². The van der Waals surface area contributed by atoms with Crippen LogP contribution in [-0.4, -0.2) is 17.4 Å². The van der Waals surface area contributed by atoms with Gasteiger partial charge in [-0.2, -0.15) is 0 Å². The third kappa shape index (κ3) is 1.96. The fourth-order valence-electron chi connectivity index (χ4n) is 1.96. The molecule has 1 heterocycles. The summed E-state index contributed by atoms with van der Waals surface area (Å²) in [7, 11) is 5.67. The molecule has 0 spiro atoms. The predicted molar refractivity (Wildman–Crippen MR) is 70.7 cm³/mol. The minimum absolute atomic E-state index is 0.796. The minimum atomic E-state index is 0.796. The van der Waals surface area contributed by atoms with Crippen molar-refractivity contribution in [2.24, 2.45) is 0 Å². The Morgan fingerprint density at radius 2 is 1.76 bits per heavy atom. The molecule has 2 nitrogen and oxygen atoms in total. The molecule has 0 unspecified atom stereocenters. The molecule has 2 radical (unpaired) electrons.